The highest BCUT2D eigenvalue weighted by molar-refractivity contribution is 5.83. The molecule has 1 fully saturated rings. The Morgan fingerprint density at radius 1 is 1.48 bits per heavy atom. The average molecular weight is 361 g/mol. The Morgan fingerprint density at radius 2 is 2.20 bits per heavy atom. The highest BCUT2D eigenvalue weighted by Gasteiger charge is 2.44. The summed E-state index contributed by atoms with van der Waals surface area (Å²) in [6.45, 7) is 1.45. The second-order valence-electron chi connectivity index (χ2n) is 5.47. The van der Waals surface area contributed by atoms with E-state index in [4.69, 9.17) is 14.6 Å². The van der Waals surface area contributed by atoms with E-state index in [2.05, 4.69) is 4.98 Å². The molecule has 140 valence electrons. The van der Waals surface area contributed by atoms with E-state index < -0.39 is 54.6 Å². The monoisotopic (exact) mass is 361 g/mol. The van der Waals surface area contributed by atoms with E-state index >= 15 is 0 Å². The number of carbonyl (C=O) groups is 1. The zero-order valence-corrected chi connectivity index (χ0v) is 13.5. The molecule has 1 aromatic heterocycles. The molecule has 1 amide bonds. The lowest BCUT2D eigenvalue weighted by Gasteiger charge is -2.17. The van der Waals surface area contributed by atoms with E-state index in [0.29, 0.717) is 17.2 Å². The molecule has 0 saturated carbocycles. The van der Waals surface area contributed by atoms with Crippen molar-refractivity contribution < 1.29 is 34.0 Å². The number of nitrogens with zero attached hydrogens (tertiary/aromatic N) is 2. The lowest BCUT2D eigenvalue weighted by molar-refractivity contribution is -0.0553. The molecule has 1 saturated heterocycles. The Labute approximate surface area is 141 Å². The number of aromatic nitrogens is 2. The van der Waals surface area contributed by atoms with Gasteiger partial charge in [0.15, 0.2) is 17.9 Å². The topological polar surface area (TPSA) is 143 Å². The quantitative estimate of drug-likeness (QED) is 0.489. The third kappa shape index (κ3) is 4.31. The van der Waals surface area contributed by atoms with Crippen molar-refractivity contribution >= 4 is 11.9 Å². The number of amides is 1. The van der Waals surface area contributed by atoms with Crippen LogP contribution in [0.3, 0.4) is 0 Å². The highest BCUT2D eigenvalue weighted by Crippen LogP contribution is 2.28. The smallest absolute Gasteiger partial charge is 0.412 e. The van der Waals surface area contributed by atoms with Crippen LogP contribution in [0.5, 0.6) is 0 Å². The van der Waals surface area contributed by atoms with Gasteiger partial charge in [0.1, 0.15) is 18.3 Å². The molecule has 2 rings (SSSR count). The van der Waals surface area contributed by atoms with Crippen LogP contribution in [0.4, 0.5) is 15.0 Å². The minimum absolute atomic E-state index is 0.142. The molecule has 0 bridgehead atoms. The standard InChI is InChI=1S/C14H20FN3O7/c1-2-3-4-24-14(23)17-11-7(15)5-18(13(22)16-11)12-10(21)9(20)8(6-19)25-12/h5,8-10,12,19-21H,2-4,6H2,1H3,(H,16,17,22,23)/t8-,9-,10-,12-/m1/s1. The van der Waals surface area contributed by atoms with Crippen molar-refractivity contribution in [2.75, 3.05) is 18.5 Å². The van der Waals surface area contributed by atoms with Crippen molar-refractivity contribution in [3.63, 3.8) is 0 Å². The Kier molecular flexibility index (Phi) is 6.42. The number of unbranched alkanes of at least 4 members (excludes halogenated alkanes) is 1. The van der Waals surface area contributed by atoms with E-state index in [1.54, 1.807) is 0 Å². The Bertz CT molecular complexity index is 668. The maximum atomic E-state index is 14.1. The molecule has 4 atom stereocenters. The van der Waals surface area contributed by atoms with Crippen LogP contribution in [-0.4, -0.2) is 62.5 Å². The SMILES string of the molecule is CCCCOC(=O)Nc1nc(=O)n([C@@H]2O[C@H](CO)[C@@H](O)[C@H]2O)cc1F. The predicted molar refractivity (Wildman–Crippen MR) is 81.3 cm³/mol. The van der Waals surface area contributed by atoms with Crippen LogP contribution in [0.1, 0.15) is 26.0 Å². The first-order valence-corrected chi connectivity index (χ1v) is 7.74. The average Bonchev–Trinajstić information content (AvgIpc) is 2.86. The fourth-order valence-electron chi connectivity index (χ4n) is 2.27. The number of halogens is 1. The Balaban J connectivity index is 2.15. The van der Waals surface area contributed by atoms with Gasteiger partial charge in [-0.25, -0.2) is 14.0 Å². The van der Waals surface area contributed by atoms with Gasteiger partial charge in [0.25, 0.3) is 0 Å². The third-order valence-corrected chi connectivity index (χ3v) is 3.65. The van der Waals surface area contributed by atoms with Gasteiger partial charge in [-0.15, -0.1) is 0 Å². The number of carbonyl (C=O) groups excluding carboxylic acids is 1. The van der Waals surface area contributed by atoms with Gasteiger partial charge in [-0.1, -0.05) is 13.3 Å². The van der Waals surface area contributed by atoms with Gasteiger partial charge >= 0.3 is 11.8 Å². The van der Waals surface area contributed by atoms with Gasteiger partial charge in [-0.3, -0.25) is 9.88 Å². The molecule has 0 spiro atoms. The maximum Gasteiger partial charge on any atom is 0.412 e. The summed E-state index contributed by atoms with van der Waals surface area (Å²) in [5.74, 6) is -1.70. The van der Waals surface area contributed by atoms with Crippen LogP contribution in [0.15, 0.2) is 11.0 Å². The van der Waals surface area contributed by atoms with Crippen molar-refractivity contribution in [3.8, 4) is 0 Å². The zero-order chi connectivity index (χ0) is 18.6. The number of hydrogen-bond donors (Lipinski definition) is 4. The summed E-state index contributed by atoms with van der Waals surface area (Å²) in [6, 6.07) is 0. The molecule has 2 heterocycles. The number of hydrogen-bond acceptors (Lipinski definition) is 8. The predicted octanol–water partition coefficient (Wildman–Crippen LogP) is -0.657. The van der Waals surface area contributed by atoms with Crippen molar-refractivity contribution in [2.24, 2.45) is 0 Å². The number of ether oxygens (including phenoxy) is 2. The third-order valence-electron chi connectivity index (χ3n) is 3.65. The molecule has 0 aromatic carbocycles. The first-order valence-electron chi connectivity index (χ1n) is 7.74. The van der Waals surface area contributed by atoms with Crippen LogP contribution >= 0.6 is 0 Å². The number of aliphatic hydroxyl groups excluding tert-OH is 3. The first-order chi connectivity index (χ1) is 11.9. The Morgan fingerprint density at radius 3 is 2.80 bits per heavy atom. The van der Waals surface area contributed by atoms with Gasteiger partial charge in [0, 0.05) is 0 Å². The summed E-state index contributed by atoms with van der Waals surface area (Å²) in [5.41, 5.74) is -1.03. The molecule has 4 N–H and O–H groups in total. The van der Waals surface area contributed by atoms with E-state index in [0.717, 1.165) is 6.42 Å². The molecular weight excluding hydrogens is 341 g/mol. The van der Waals surface area contributed by atoms with Crippen molar-refractivity contribution in [1.82, 2.24) is 9.55 Å². The first kappa shape index (κ1) is 19.2. The van der Waals surface area contributed by atoms with Crippen LogP contribution < -0.4 is 11.0 Å². The van der Waals surface area contributed by atoms with Gasteiger partial charge in [-0.05, 0) is 6.42 Å². The fraction of sp³-hybridized carbons (Fsp3) is 0.643. The number of nitrogens with one attached hydrogen (secondary N) is 1. The van der Waals surface area contributed by atoms with Crippen LogP contribution in [0.2, 0.25) is 0 Å². The summed E-state index contributed by atoms with van der Waals surface area (Å²) in [5, 5.41) is 30.6. The van der Waals surface area contributed by atoms with E-state index in [1.165, 1.54) is 0 Å². The molecule has 10 nitrogen and oxygen atoms in total. The van der Waals surface area contributed by atoms with E-state index in [-0.39, 0.29) is 6.61 Å². The summed E-state index contributed by atoms with van der Waals surface area (Å²) in [7, 11) is 0. The van der Waals surface area contributed by atoms with Gasteiger partial charge in [0.05, 0.1) is 19.4 Å². The second kappa shape index (κ2) is 8.34. The maximum absolute atomic E-state index is 14.1. The lowest BCUT2D eigenvalue weighted by atomic mass is 10.1. The molecule has 11 heteroatoms. The minimum Gasteiger partial charge on any atom is -0.449 e. The highest BCUT2D eigenvalue weighted by atomic mass is 19.1. The normalized spacial score (nSPS) is 25.8. The second-order valence-corrected chi connectivity index (χ2v) is 5.47. The molecular formula is C14H20FN3O7. The van der Waals surface area contributed by atoms with Gasteiger partial charge in [-0.2, -0.15) is 4.98 Å². The number of anilines is 1. The van der Waals surface area contributed by atoms with E-state index in [1.807, 2.05) is 12.2 Å². The molecule has 1 aliphatic heterocycles. The van der Waals surface area contributed by atoms with Crippen LogP contribution in [-0.2, 0) is 9.47 Å². The molecule has 0 unspecified atom stereocenters. The Hall–Kier alpha value is -2.08. The summed E-state index contributed by atoms with van der Waals surface area (Å²) < 4.78 is 24.6. The van der Waals surface area contributed by atoms with Crippen molar-refractivity contribution in [3.05, 3.63) is 22.5 Å². The van der Waals surface area contributed by atoms with Crippen LogP contribution in [0, 0.1) is 5.82 Å². The molecule has 1 aromatic rings. The zero-order valence-electron chi connectivity index (χ0n) is 13.5. The molecule has 1 aliphatic rings. The van der Waals surface area contributed by atoms with E-state index in [9.17, 15) is 24.2 Å². The minimum atomic E-state index is -1.56. The van der Waals surface area contributed by atoms with Gasteiger partial charge in [0.2, 0.25) is 0 Å². The van der Waals surface area contributed by atoms with Crippen LogP contribution in [0.25, 0.3) is 0 Å². The molecule has 0 aliphatic carbocycles. The summed E-state index contributed by atoms with van der Waals surface area (Å²) in [6.07, 6.45) is -4.39. The van der Waals surface area contributed by atoms with Gasteiger partial charge < -0.3 is 24.8 Å². The van der Waals surface area contributed by atoms with Crippen molar-refractivity contribution in [1.29, 1.82) is 0 Å². The number of aliphatic hydroxyl groups is 3. The van der Waals surface area contributed by atoms with Crippen molar-refractivity contribution in [2.45, 2.75) is 44.3 Å². The molecule has 0 radical (unpaired) electrons. The summed E-state index contributed by atoms with van der Waals surface area (Å²) in [4.78, 5) is 26.9. The largest absolute Gasteiger partial charge is 0.449 e. The number of rotatable bonds is 6. The molecule has 25 heavy (non-hydrogen) atoms. The lowest BCUT2D eigenvalue weighted by Crippen LogP contribution is -2.36. The summed E-state index contributed by atoms with van der Waals surface area (Å²) >= 11 is 0. The fourth-order valence-corrected chi connectivity index (χ4v) is 2.27.